The second-order valence-corrected chi connectivity index (χ2v) is 3.85. The number of hydrogen-bond donors (Lipinski definition) is 2. The number of alkyl halides is 1. The van der Waals surface area contributed by atoms with Crippen LogP contribution in [0.5, 0.6) is 0 Å². The molecule has 1 aliphatic heterocycles. The van der Waals surface area contributed by atoms with Gasteiger partial charge < -0.3 is 16.2 Å². The Bertz CT molecular complexity index is 145. The fourth-order valence-corrected chi connectivity index (χ4v) is 1.74. The Morgan fingerprint density at radius 3 is 2.54 bits per heavy atom. The van der Waals surface area contributed by atoms with E-state index in [0.717, 1.165) is 19.4 Å². The summed E-state index contributed by atoms with van der Waals surface area (Å²) in [5, 5.41) is 0. The molecule has 1 fully saturated rings. The van der Waals surface area contributed by atoms with E-state index in [4.69, 9.17) is 16.2 Å². The summed E-state index contributed by atoms with van der Waals surface area (Å²) in [7, 11) is 0. The molecule has 1 atom stereocenters. The average molecular weight is 190 g/mol. The summed E-state index contributed by atoms with van der Waals surface area (Å²) in [6.45, 7) is 1.49. The lowest BCUT2D eigenvalue weighted by atomic mass is 9.88. The first kappa shape index (κ1) is 10.9. The van der Waals surface area contributed by atoms with Crippen LogP contribution in [0.3, 0.4) is 0 Å². The maximum absolute atomic E-state index is 13.7. The molecule has 78 valence electrons. The summed E-state index contributed by atoms with van der Waals surface area (Å²) in [6, 6.07) is 0. The minimum atomic E-state index is -1.38. The van der Waals surface area contributed by atoms with Crippen LogP contribution in [0.15, 0.2) is 0 Å². The summed E-state index contributed by atoms with van der Waals surface area (Å²) in [5.41, 5.74) is 9.29. The molecular weight excluding hydrogens is 171 g/mol. The van der Waals surface area contributed by atoms with Gasteiger partial charge in [-0.2, -0.15) is 0 Å². The molecule has 1 heterocycles. The Balaban J connectivity index is 2.35. The van der Waals surface area contributed by atoms with Gasteiger partial charge in [-0.15, -0.1) is 0 Å². The maximum Gasteiger partial charge on any atom is 0.135 e. The standard InChI is InChI=1S/C9H19FN2O/c10-9(6-11,7-12)4-8-2-1-3-13-5-8/h8H,1-7,11-12H2/t8-/m1/s1. The summed E-state index contributed by atoms with van der Waals surface area (Å²) < 4.78 is 19.0. The van der Waals surface area contributed by atoms with Crippen LogP contribution in [0.25, 0.3) is 0 Å². The molecule has 0 saturated carbocycles. The van der Waals surface area contributed by atoms with Crippen molar-refractivity contribution < 1.29 is 9.13 Å². The van der Waals surface area contributed by atoms with E-state index in [2.05, 4.69) is 0 Å². The van der Waals surface area contributed by atoms with E-state index in [0.29, 0.717) is 18.9 Å². The largest absolute Gasteiger partial charge is 0.381 e. The Kier molecular flexibility index (Phi) is 4.09. The number of halogens is 1. The van der Waals surface area contributed by atoms with Gasteiger partial charge in [0.25, 0.3) is 0 Å². The highest BCUT2D eigenvalue weighted by Gasteiger charge is 2.30. The third-order valence-electron chi connectivity index (χ3n) is 2.64. The SMILES string of the molecule is NCC(F)(CN)C[C@H]1CCCOC1. The van der Waals surface area contributed by atoms with Crippen LogP contribution in [0, 0.1) is 5.92 Å². The molecule has 0 aromatic carbocycles. The summed E-state index contributed by atoms with van der Waals surface area (Å²) in [6.07, 6.45) is 2.50. The predicted octanol–water partition coefficient (Wildman–Crippen LogP) is 0.429. The Labute approximate surface area is 78.6 Å². The highest BCUT2D eigenvalue weighted by molar-refractivity contribution is 4.84. The van der Waals surface area contributed by atoms with E-state index < -0.39 is 5.67 Å². The van der Waals surface area contributed by atoms with Crippen molar-refractivity contribution in [3.63, 3.8) is 0 Å². The minimum Gasteiger partial charge on any atom is -0.381 e. The molecule has 1 aliphatic rings. The van der Waals surface area contributed by atoms with E-state index in [-0.39, 0.29) is 13.1 Å². The molecule has 13 heavy (non-hydrogen) atoms. The molecule has 0 aromatic rings. The zero-order valence-corrected chi connectivity index (χ0v) is 7.97. The molecule has 1 saturated heterocycles. The zero-order chi connectivity index (χ0) is 9.73. The van der Waals surface area contributed by atoms with Crippen molar-refractivity contribution in [3.05, 3.63) is 0 Å². The number of ether oxygens (including phenoxy) is 1. The van der Waals surface area contributed by atoms with Gasteiger partial charge in [0.2, 0.25) is 0 Å². The Hall–Kier alpha value is -0.190. The molecular formula is C9H19FN2O. The van der Waals surface area contributed by atoms with Crippen molar-refractivity contribution in [2.75, 3.05) is 26.3 Å². The molecule has 0 unspecified atom stereocenters. The number of hydrogen-bond acceptors (Lipinski definition) is 3. The van der Waals surface area contributed by atoms with E-state index in [9.17, 15) is 4.39 Å². The van der Waals surface area contributed by atoms with Gasteiger partial charge >= 0.3 is 0 Å². The monoisotopic (exact) mass is 190 g/mol. The third kappa shape index (κ3) is 3.21. The van der Waals surface area contributed by atoms with Gasteiger partial charge in [-0.05, 0) is 25.2 Å². The lowest BCUT2D eigenvalue weighted by molar-refractivity contribution is 0.0245. The van der Waals surface area contributed by atoms with Crippen LogP contribution in [0.1, 0.15) is 19.3 Å². The molecule has 0 aliphatic carbocycles. The van der Waals surface area contributed by atoms with Gasteiger partial charge in [0.15, 0.2) is 0 Å². The lowest BCUT2D eigenvalue weighted by Crippen LogP contribution is -2.43. The third-order valence-corrected chi connectivity index (χ3v) is 2.64. The van der Waals surface area contributed by atoms with Crippen molar-refractivity contribution in [2.45, 2.75) is 24.9 Å². The second kappa shape index (κ2) is 4.88. The summed E-state index contributed by atoms with van der Waals surface area (Å²) >= 11 is 0. The first-order valence-corrected chi connectivity index (χ1v) is 4.87. The first-order valence-electron chi connectivity index (χ1n) is 4.87. The number of rotatable bonds is 4. The zero-order valence-electron chi connectivity index (χ0n) is 7.97. The van der Waals surface area contributed by atoms with Crippen LogP contribution in [-0.2, 0) is 4.74 Å². The van der Waals surface area contributed by atoms with Gasteiger partial charge in [-0.3, -0.25) is 0 Å². The van der Waals surface area contributed by atoms with Crippen LogP contribution in [0.4, 0.5) is 4.39 Å². The van der Waals surface area contributed by atoms with Crippen molar-refractivity contribution in [3.8, 4) is 0 Å². The highest BCUT2D eigenvalue weighted by Crippen LogP contribution is 2.25. The maximum atomic E-state index is 13.7. The van der Waals surface area contributed by atoms with E-state index in [1.54, 1.807) is 0 Å². The van der Waals surface area contributed by atoms with E-state index >= 15 is 0 Å². The molecule has 3 nitrogen and oxygen atoms in total. The van der Waals surface area contributed by atoms with Crippen molar-refractivity contribution in [2.24, 2.45) is 17.4 Å². The lowest BCUT2D eigenvalue weighted by Gasteiger charge is -2.29. The fourth-order valence-electron chi connectivity index (χ4n) is 1.74. The molecule has 0 amide bonds. The average Bonchev–Trinajstić information content (AvgIpc) is 2.19. The summed E-state index contributed by atoms with van der Waals surface area (Å²) in [5.74, 6) is 0.297. The van der Waals surface area contributed by atoms with Crippen LogP contribution >= 0.6 is 0 Å². The van der Waals surface area contributed by atoms with Gasteiger partial charge in [0.05, 0.1) is 0 Å². The summed E-state index contributed by atoms with van der Waals surface area (Å²) in [4.78, 5) is 0. The topological polar surface area (TPSA) is 61.3 Å². The Morgan fingerprint density at radius 1 is 1.38 bits per heavy atom. The van der Waals surface area contributed by atoms with E-state index in [1.165, 1.54) is 0 Å². The fraction of sp³-hybridized carbons (Fsp3) is 1.00. The van der Waals surface area contributed by atoms with Gasteiger partial charge in [-0.1, -0.05) is 0 Å². The molecule has 1 rings (SSSR count). The minimum absolute atomic E-state index is 0.0139. The molecule has 0 aromatic heterocycles. The number of nitrogens with two attached hydrogens (primary N) is 2. The molecule has 0 spiro atoms. The van der Waals surface area contributed by atoms with Gasteiger partial charge in [-0.25, -0.2) is 4.39 Å². The molecule has 0 radical (unpaired) electrons. The van der Waals surface area contributed by atoms with Crippen LogP contribution in [0.2, 0.25) is 0 Å². The first-order chi connectivity index (χ1) is 6.20. The van der Waals surface area contributed by atoms with Gasteiger partial charge in [0, 0.05) is 26.3 Å². The molecule has 0 bridgehead atoms. The van der Waals surface area contributed by atoms with Crippen LogP contribution in [-0.4, -0.2) is 32.0 Å². The normalized spacial score (nSPS) is 24.7. The van der Waals surface area contributed by atoms with Crippen LogP contribution < -0.4 is 11.5 Å². The second-order valence-electron chi connectivity index (χ2n) is 3.85. The van der Waals surface area contributed by atoms with Crippen molar-refractivity contribution in [1.82, 2.24) is 0 Å². The highest BCUT2D eigenvalue weighted by atomic mass is 19.1. The molecule has 4 heteroatoms. The molecule has 4 N–H and O–H groups in total. The Morgan fingerprint density at radius 2 is 2.08 bits per heavy atom. The van der Waals surface area contributed by atoms with Gasteiger partial charge in [0.1, 0.15) is 5.67 Å². The predicted molar refractivity (Wildman–Crippen MR) is 50.1 cm³/mol. The van der Waals surface area contributed by atoms with Crippen molar-refractivity contribution in [1.29, 1.82) is 0 Å². The quantitative estimate of drug-likeness (QED) is 0.675. The smallest absolute Gasteiger partial charge is 0.135 e. The van der Waals surface area contributed by atoms with E-state index in [1.807, 2.05) is 0 Å². The van der Waals surface area contributed by atoms with Crippen molar-refractivity contribution >= 4 is 0 Å².